The Morgan fingerprint density at radius 2 is 2.07 bits per heavy atom. The van der Waals surface area contributed by atoms with Crippen LogP contribution in [-0.4, -0.2) is 56.3 Å². The zero-order valence-corrected chi connectivity index (χ0v) is 19.2. The highest BCUT2D eigenvalue weighted by molar-refractivity contribution is 14.0. The summed E-state index contributed by atoms with van der Waals surface area (Å²) >= 11 is 0. The maximum absolute atomic E-state index is 12.5. The first-order valence-electron chi connectivity index (χ1n) is 9.64. The van der Waals surface area contributed by atoms with Crippen molar-refractivity contribution in [3.05, 3.63) is 35.4 Å². The molecule has 1 heterocycles. The van der Waals surface area contributed by atoms with Gasteiger partial charge in [0.2, 0.25) is 0 Å². The summed E-state index contributed by atoms with van der Waals surface area (Å²) in [5, 5.41) is 6.51. The van der Waals surface area contributed by atoms with Crippen molar-refractivity contribution in [3.8, 4) is 0 Å². The summed E-state index contributed by atoms with van der Waals surface area (Å²) in [4.78, 5) is 6.14. The van der Waals surface area contributed by atoms with Gasteiger partial charge >= 0.3 is 6.18 Å². The van der Waals surface area contributed by atoms with Crippen LogP contribution in [0.15, 0.2) is 29.3 Å². The summed E-state index contributed by atoms with van der Waals surface area (Å²) in [6.45, 7) is 8.43. The fraction of sp³-hybridized carbons (Fsp3) is 0.650. The van der Waals surface area contributed by atoms with Gasteiger partial charge in [0.05, 0.1) is 6.54 Å². The Kier molecular flexibility index (Phi) is 10.6. The molecule has 2 atom stereocenters. The Labute approximate surface area is 183 Å². The van der Waals surface area contributed by atoms with Crippen LogP contribution in [0.2, 0.25) is 0 Å². The van der Waals surface area contributed by atoms with Crippen LogP contribution in [-0.2, 0) is 0 Å². The first-order chi connectivity index (χ1) is 12.8. The quantitative estimate of drug-likeness (QED) is 0.328. The molecule has 1 saturated heterocycles. The highest BCUT2D eigenvalue weighted by Gasteiger charge is 2.34. The molecule has 160 valence electrons. The summed E-state index contributed by atoms with van der Waals surface area (Å²) in [7, 11) is 0. The third-order valence-electron chi connectivity index (χ3n) is 4.81. The minimum absolute atomic E-state index is 0. The van der Waals surface area contributed by atoms with E-state index in [1.807, 2.05) is 6.92 Å². The molecule has 0 radical (unpaired) electrons. The highest BCUT2D eigenvalue weighted by Crippen LogP contribution is 2.22. The van der Waals surface area contributed by atoms with Crippen molar-refractivity contribution >= 4 is 29.9 Å². The molecular formula is C20H32F3IN4. The van der Waals surface area contributed by atoms with Crippen LogP contribution in [0.5, 0.6) is 0 Å². The molecule has 2 rings (SSSR count). The van der Waals surface area contributed by atoms with Crippen molar-refractivity contribution in [2.45, 2.75) is 39.3 Å². The van der Waals surface area contributed by atoms with E-state index in [0.717, 1.165) is 18.9 Å². The molecule has 0 spiro atoms. The fourth-order valence-electron chi connectivity index (χ4n) is 3.37. The molecule has 0 bridgehead atoms. The lowest BCUT2D eigenvalue weighted by Crippen LogP contribution is -2.41. The van der Waals surface area contributed by atoms with Crippen LogP contribution in [0.3, 0.4) is 0 Å². The van der Waals surface area contributed by atoms with Crippen molar-refractivity contribution in [1.82, 2.24) is 15.5 Å². The second-order valence-electron chi connectivity index (χ2n) is 7.42. The number of nitrogens with zero attached hydrogens (tertiary/aromatic N) is 2. The topological polar surface area (TPSA) is 39.7 Å². The summed E-state index contributed by atoms with van der Waals surface area (Å²) in [6, 6.07) is 8.42. The Morgan fingerprint density at radius 1 is 1.32 bits per heavy atom. The van der Waals surface area contributed by atoms with Gasteiger partial charge in [-0.3, -0.25) is 9.89 Å². The van der Waals surface area contributed by atoms with Gasteiger partial charge in [-0.2, -0.15) is 13.2 Å². The van der Waals surface area contributed by atoms with Crippen molar-refractivity contribution in [2.24, 2.45) is 10.9 Å². The molecule has 28 heavy (non-hydrogen) atoms. The molecule has 1 aromatic carbocycles. The monoisotopic (exact) mass is 512 g/mol. The van der Waals surface area contributed by atoms with Crippen molar-refractivity contribution < 1.29 is 13.2 Å². The maximum Gasteiger partial charge on any atom is 0.401 e. The molecular weight excluding hydrogens is 480 g/mol. The van der Waals surface area contributed by atoms with Gasteiger partial charge < -0.3 is 10.6 Å². The number of benzene rings is 1. The Morgan fingerprint density at radius 3 is 2.71 bits per heavy atom. The molecule has 1 fully saturated rings. The number of aryl methyl sites for hydroxylation is 1. The number of guanidine groups is 1. The third kappa shape index (κ3) is 8.98. The van der Waals surface area contributed by atoms with E-state index in [0.29, 0.717) is 32.1 Å². The Balaban J connectivity index is 0.00000392. The van der Waals surface area contributed by atoms with Crippen molar-refractivity contribution in [2.75, 3.05) is 39.3 Å². The number of nitrogens with one attached hydrogen (secondary N) is 2. The average Bonchev–Trinajstić information content (AvgIpc) is 3.02. The van der Waals surface area contributed by atoms with Gasteiger partial charge in [0.1, 0.15) is 0 Å². The average molecular weight is 512 g/mol. The molecule has 1 aromatic rings. The summed E-state index contributed by atoms with van der Waals surface area (Å²) in [5.74, 6) is 1.24. The first kappa shape index (κ1) is 25.0. The van der Waals surface area contributed by atoms with Crippen LogP contribution in [0.25, 0.3) is 0 Å². The van der Waals surface area contributed by atoms with Gasteiger partial charge in [-0.25, -0.2) is 0 Å². The lowest BCUT2D eigenvalue weighted by atomic mass is 10.00. The number of alkyl halides is 3. The molecule has 2 N–H and O–H groups in total. The van der Waals surface area contributed by atoms with Gasteiger partial charge in [-0.15, -0.1) is 24.0 Å². The van der Waals surface area contributed by atoms with Gasteiger partial charge in [0.25, 0.3) is 0 Å². The number of rotatable bonds is 7. The zero-order chi connectivity index (χ0) is 19.9. The molecule has 0 amide bonds. The molecule has 2 unspecified atom stereocenters. The first-order valence-corrected chi connectivity index (χ1v) is 9.64. The predicted molar refractivity (Wildman–Crippen MR) is 120 cm³/mol. The zero-order valence-electron chi connectivity index (χ0n) is 16.9. The van der Waals surface area contributed by atoms with Crippen molar-refractivity contribution in [1.29, 1.82) is 0 Å². The van der Waals surface area contributed by atoms with Crippen molar-refractivity contribution in [3.63, 3.8) is 0 Å². The van der Waals surface area contributed by atoms with Crippen LogP contribution in [0.4, 0.5) is 13.2 Å². The standard InChI is InChI=1S/C20H31F3N4.HI/c1-4-24-19(25-11-16(3)18-7-5-6-15(2)10-18)26-12-17-8-9-27(13-17)14-20(21,22)23;/h5-7,10,16-17H,4,8-9,11-14H2,1-3H3,(H2,24,25,26);1H. The van der Waals surface area contributed by atoms with E-state index in [1.165, 1.54) is 16.0 Å². The molecule has 0 saturated carbocycles. The van der Waals surface area contributed by atoms with Gasteiger partial charge in [0, 0.05) is 32.1 Å². The van der Waals surface area contributed by atoms with Crippen LogP contribution in [0, 0.1) is 12.8 Å². The Bertz CT molecular complexity index is 622. The van der Waals surface area contributed by atoms with Gasteiger partial charge in [0.15, 0.2) is 5.96 Å². The van der Waals surface area contributed by atoms with E-state index in [2.05, 4.69) is 53.7 Å². The minimum Gasteiger partial charge on any atom is -0.357 e. The SMILES string of the molecule is CCNC(=NCC(C)c1cccc(C)c1)NCC1CCN(CC(F)(F)F)C1.I. The largest absolute Gasteiger partial charge is 0.401 e. The number of aliphatic imine (C=N–C) groups is 1. The third-order valence-corrected chi connectivity index (χ3v) is 4.81. The lowest BCUT2D eigenvalue weighted by Gasteiger charge is -2.19. The summed E-state index contributed by atoms with van der Waals surface area (Å²) in [6.07, 6.45) is -3.34. The second-order valence-corrected chi connectivity index (χ2v) is 7.42. The summed E-state index contributed by atoms with van der Waals surface area (Å²) < 4.78 is 37.5. The molecule has 8 heteroatoms. The molecule has 1 aliphatic rings. The number of halogens is 4. The van der Waals surface area contributed by atoms with Crippen LogP contribution >= 0.6 is 24.0 Å². The highest BCUT2D eigenvalue weighted by atomic mass is 127. The van der Waals surface area contributed by atoms with Crippen LogP contribution < -0.4 is 10.6 Å². The van der Waals surface area contributed by atoms with E-state index < -0.39 is 12.7 Å². The molecule has 4 nitrogen and oxygen atoms in total. The maximum atomic E-state index is 12.5. The normalized spacial score (nSPS) is 19.2. The van der Waals surface area contributed by atoms with Gasteiger partial charge in [-0.05, 0) is 38.3 Å². The van der Waals surface area contributed by atoms with E-state index in [4.69, 9.17) is 0 Å². The van der Waals surface area contributed by atoms with E-state index in [9.17, 15) is 13.2 Å². The number of hydrogen-bond donors (Lipinski definition) is 2. The number of hydrogen-bond acceptors (Lipinski definition) is 2. The molecule has 0 aliphatic carbocycles. The smallest absolute Gasteiger partial charge is 0.357 e. The predicted octanol–water partition coefficient (Wildman–Crippen LogP) is 4.16. The lowest BCUT2D eigenvalue weighted by molar-refractivity contribution is -0.143. The summed E-state index contributed by atoms with van der Waals surface area (Å²) in [5.41, 5.74) is 2.49. The molecule has 1 aliphatic heterocycles. The number of likely N-dealkylation sites (tertiary alicyclic amines) is 1. The second kappa shape index (κ2) is 11.8. The van der Waals surface area contributed by atoms with Crippen LogP contribution in [0.1, 0.15) is 37.3 Å². The fourth-order valence-corrected chi connectivity index (χ4v) is 3.37. The Hall–Kier alpha value is -1.03. The van der Waals surface area contributed by atoms with E-state index >= 15 is 0 Å². The minimum atomic E-state index is -4.12. The van der Waals surface area contributed by atoms with E-state index in [1.54, 1.807) is 0 Å². The van der Waals surface area contributed by atoms with Gasteiger partial charge in [-0.1, -0.05) is 36.8 Å². The molecule has 0 aromatic heterocycles. The van der Waals surface area contributed by atoms with E-state index in [-0.39, 0.29) is 29.9 Å².